The minimum Gasteiger partial charge on any atom is -0.503 e. The summed E-state index contributed by atoms with van der Waals surface area (Å²) < 4.78 is 25.2. The molecule has 0 unspecified atom stereocenters. The Bertz CT molecular complexity index is 263. The first kappa shape index (κ1) is 8.93. The van der Waals surface area contributed by atoms with Gasteiger partial charge in [-0.1, -0.05) is 0 Å². The first-order chi connectivity index (χ1) is 5.65. The Morgan fingerprint density at radius 3 is 2.08 bits per heavy atom. The number of rotatable bonds is 2. The molecule has 0 spiro atoms. The number of aliphatic hydroxyl groups is 1. The van der Waals surface area contributed by atoms with Gasteiger partial charge in [-0.3, -0.25) is 0 Å². The fourth-order valence-electron chi connectivity index (χ4n) is 0.891. The Hall–Kier alpha value is -1.16. The van der Waals surface area contributed by atoms with E-state index in [4.69, 9.17) is 10.2 Å². The summed E-state index contributed by atoms with van der Waals surface area (Å²) >= 11 is 0. The zero-order chi connectivity index (χ0) is 9.14. The number of hydrogen-bond acceptors (Lipinski definition) is 2. The van der Waals surface area contributed by atoms with Gasteiger partial charge in [0.25, 0.3) is 0 Å². The van der Waals surface area contributed by atoms with Crippen molar-refractivity contribution in [2.45, 2.75) is 6.42 Å². The van der Waals surface area contributed by atoms with Gasteiger partial charge in [0.1, 0.15) is 0 Å². The van der Waals surface area contributed by atoms with Gasteiger partial charge >= 0.3 is 0 Å². The van der Waals surface area contributed by atoms with Crippen molar-refractivity contribution in [2.75, 3.05) is 6.61 Å². The Labute approximate surface area is 68.1 Å². The van der Waals surface area contributed by atoms with Crippen LogP contribution in [0.1, 0.15) is 5.56 Å². The van der Waals surface area contributed by atoms with Crippen LogP contribution in [0.2, 0.25) is 0 Å². The minimum absolute atomic E-state index is 0.175. The number of benzene rings is 1. The van der Waals surface area contributed by atoms with Crippen molar-refractivity contribution >= 4 is 0 Å². The average molecular weight is 174 g/mol. The van der Waals surface area contributed by atoms with Crippen molar-refractivity contribution in [3.63, 3.8) is 0 Å². The zero-order valence-corrected chi connectivity index (χ0v) is 6.22. The van der Waals surface area contributed by atoms with Crippen LogP contribution in [0.4, 0.5) is 8.78 Å². The highest BCUT2D eigenvalue weighted by Gasteiger charge is 2.08. The maximum Gasteiger partial charge on any atom is 0.187 e. The molecule has 1 aromatic carbocycles. The van der Waals surface area contributed by atoms with Crippen LogP contribution in [-0.2, 0) is 6.42 Å². The summed E-state index contributed by atoms with van der Waals surface area (Å²) in [6, 6.07) is 1.99. The molecule has 2 nitrogen and oxygen atoms in total. The van der Waals surface area contributed by atoms with E-state index in [2.05, 4.69) is 0 Å². The van der Waals surface area contributed by atoms with E-state index in [0.717, 1.165) is 12.1 Å². The van der Waals surface area contributed by atoms with Crippen LogP contribution in [0.5, 0.6) is 5.75 Å². The Kier molecular flexibility index (Phi) is 2.60. The van der Waals surface area contributed by atoms with Gasteiger partial charge in [0.2, 0.25) is 0 Å². The molecule has 0 aromatic heterocycles. The zero-order valence-electron chi connectivity index (χ0n) is 6.22. The molecule has 66 valence electrons. The monoisotopic (exact) mass is 174 g/mol. The topological polar surface area (TPSA) is 40.5 Å². The highest BCUT2D eigenvalue weighted by molar-refractivity contribution is 5.30. The SMILES string of the molecule is OCCc1cc(F)c(O)c(F)c1. The number of hydrogen-bond donors (Lipinski definition) is 2. The molecular formula is C8H8F2O2. The Balaban J connectivity index is 3.04. The molecule has 0 aliphatic rings. The van der Waals surface area contributed by atoms with Crippen LogP contribution < -0.4 is 0 Å². The molecule has 0 amide bonds. The lowest BCUT2D eigenvalue weighted by Gasteiger charge is -2.01. The van der Waals surface area contributed by atoms with Gasteiger partial charge in [0.05, 0.1) is 0 Å². The van der Waals surface area contributed by atoms with E-state index in [0.29, 0.717) is 5.56 Å². The number of phenolic OH excluding ortho intramolecular Hbond substituents is 1. The van der Waals surface area contributed by atoms with E-state index >= 15 is 0 Å². The van der Waals surface area contributed by atoms with E-state index in [1.54, 1.807) is 0 Å². The average Bonchev–Trinajstić information content (AvgIpc) is 2.01. The molecule has 0 radical (unpaired) electrons. The summed E-state index contributed by atoms with van der Waals surface area (Å²) in [6.07, 6.45) is 0.175. The molecule has 0 fully saturated rings. The summed E-state index contributed by atoms with van der Waals surface area (Å²) in [7, 11) is 0. The number of phenols is 1. The van der Waals surface area contributed by atoms with Gasteiger partial charge in [-0.2, -0.15) is 0 Å². The lowest BCUT2D eigenvalue weighted by Crippen LogP contribution is -1.93. The second kappa shape index (κ2) is 3.49. The van der Waals surface area contributed by atoms with Crippen LogP contribution in [0.15, 0.2) is 12.1 Å². The summed E-state index contributed by atoms with van der Waals surface area (Å²) in [5, 5.41) is 17.1. The molecule has 1 rings (SSSR count). The summed E-state index contributed by atoms with van der Waals surface area (Å²) in [6.45, 7) is -0.177. The van der Waals surface area contributed by atoms with Gasteiger partial charge in [-0.25, -0.2) is 8.78 Å². The van der Waals surface area contributed by atoms with Gasteiger partial charge in [0, 0.05) is 6.61 Å². The minimum atomic E-state index is -1.00. The van der Waals surface area contributed by atoms with Gasteiger partial charge < -0.3 is 10.2 Å². The smallest absolute Gasteiger partial charge is 0.187 e. The highest BCUT2D eigenvalue weighted by Crippen LogP contribution is 2.21. The maximum atomic E-state index is 12.6. The highest BCUT2D eigenvalue weighted by atomic mass is 19.1. The first-order valence-corrected chi connectivity index (χ1v) is 3.43. The lowest BCUT2D eigenvalue weighted by molar-refractivity contribution is 0.299. The molecule has 2 N–H and O–H groups in total. The molecule has 12 heavy (non-hydrogen) atoms. The van der Waals surface area contributed by atoms with Crippen molar-refractivity contribution in [3.05, 3.63) is 29.3 Å². The standard InChI is InChI=1S/C8H8F2O2/c9-6-3-5(1-2-11)4-7(10)8(6)12/h3-4,11-12H,1-2H2. The molecule has 0 bridgehead atoms. The number of aromatic hydroxyl groups is 1. The van der Waals surface area contributed by atoms with E-state index in [1.807, 2.05) is 0 Å². The van der Waals surface area contributed by atoms with E-state index in [-0.39, 0.29) is 13.0 Å². The second-order valence-corrected chi connectivity index (χ2v) is 2.38. The maximum absolute atomic E-state index is 12.6. The van der Waals surface area contributed by atoms with Crippen LogP contribution in [0.3, 0.4) is 0 Å². The van der Waals surface area contributed by atoms with Crippen molar-refractivity contribution in [1.82, 2.24) is 0 Å². The molecule has 1 aromatic rings. The molecule has 0 aliphatic carbocycles. The van der Waals surface area contributed by atoms with Crippen LogP contribution in [-0.4, -0.2) is 16.8 Å². The second-order valence-electron chi connectivity index (χ2n) is 2.38. The van der Waals surface area contributed by atoms with Crippen LogP contribution >= 0.6 is 0 Å². The quantitative estimate of drug-likeness (QED) is 0.707. The van der Waals surface area contributed by atoms with Crippen molar-refractivity contribution in [3.8, 4) is 5.75 Å². The molecule has 0 saturated carbocycles. The van der Waals surface area contributed by atoms with Crippen molar-refractivity contribution < 1.29 is 19.0 Å². The van der Waals surface area contributed by atoms with Gasteiger partial charge in [-0.15, -0.1) is 0 Å². The summed E-state index contributed by atoms with van der Waals surface area (Å²) in [5.41, 5.74) is 0.324. The van der Waals surface area contributed by atoms with E-state index < -0.39 is 17.4 Å². The molecule has 0 atom stereocenters. The number of aliphatic hydroxyl groups excluding tert-OH is 1. The third-order valence-corrected chi connectivity index (χ3v) is 1.48. The van der Waals surface area contributed by atoms with Crippen molar-refractivity contribution in [1.29, 1.82) is 0 Å². The first-order valence-electron chi connectivity index (χ1n) is 3.43. The fraction of sp³-hybridized carbons (Fsp3) is 0.250. The predicted molar refractivity (Wildman–Crippen MR) is 38.8 cm³/mol. The van der Waals surface area contributed by atoms with Crippen LogP contribution in [0, 0.1) is 11.6 Å². The molecule has 4 heteroatoms. The fourth-order valence-corrected chi connectivity index (χ4v) is 0.891. The predicted octanol–water partition coefficient (Wildman–Crippen LogP) is 1.21. The Morgan fingerprint density at radius 2 is 1.67 bits per heavy atom. The third kappa shape index (κ3) is 1.71. The van der Waals surface area contributed by atoms with E-state index in [1.165, 1.54) is 0 Å². The molecule has 0 aliphatic heterocycles. The molecule has 0 saturated heterocycles. The molecule has 0 heterocycles. The van der Waals surface area contributed by atoms with E-state index in [9.17, 15) is 8.78 Å². The Morgan fingerprint density at radius 1 is 1.17 bits per heavy atom. The van der Waals surface area contributed by atoms with Crippen LogP contribution in [0.25, 0.3) is 0 Å². The summed E-state index contributed by atoms with van der Waals surface area (Å²) in [5.74, 6) is -2.98. The van der Waals surface area contributed by atoms with Gasteiger partial charge in [-0.05, 0) is 24.1 Å². The normalized spacial score (nSPS) is 10.2. The number of halogens is 2. The summed E-state index contributed by atoms with van der Waals surface area (Å²) in [4.78, 5) is 0. The largest absolute Gasteiger partial charge is 0.503 e. The van der Waals surface area contributed by atoms with Gasteiger partial charge in [0.15, 0.2) is 17.4 Å². The molecular weight excluding hydrogens is 166 g/mol. The third-order valence-electron chi connectivity index (χ3n) is 1.48. The van der Waals surface area contributed by atoms with Crippen molar-refractivity contribution in [2.24, 2.45) is 0 Å². The lowest BCUT2D eigenvalue weighted by atomic mass is 10.1.